The van der Waals surface area contributed by atoms with Crippen LogP contribution in [0.3, 0.4) is 0 Å². The Labute approximate surface area is 71.4 Å². The van der Waals surface area contributed by atoms with Crippen LogP contribution in [0.15, 0.2) is 18.2 Å². The Hall–Kier alpha value is -1.49. The van der Waals surface area contributed by atoms with Gasteiger partial charge in [0.05, 0.1) is 19.1 Å². The lowest BCUT2D eigenvalue weighted by Gasteiger charge is -2.24. The van der Waals surface area contributed by atoms with Gasteiger partial charge in [0, 0.05) is 0 Å². The third-order valence-electron chi connectivity index (χ3n) is 2.31. The second-order valence-corrected chi connectivity index (χ2v) is 2.95. The van der Waals surface area contributed by atoms with Crippen LogP contribution in [-0.4, -0.2) is 7.11 Å². The number of ether oxygens (including phenoxy) is 1. The van der Waals surface area contributed by atoms with Crippen molar-refractivity contribution in [2.45, 2.75) is 12.3 Å². The molecule has 1 aromatic rings. The highest BCUT2D eigenvalue weighted by Gasteiger charge is 2.25. The minimum atomic E-state index is 0.117. The monoisotopic (exact) mass is 159 g/mol. The Morgan fingerprint density at radius 1 is 1.58 bits per heavy atom. The molecule has 0 spiro atoms. The quantitative estimate of drug-likeness (QED) is 0.626. The lowest BCUT2D eigenvalue weighted by Crippen LogP contribution is -2.14. The molecule has 2 rings (SSSR count). The molecule has 1 aliphatic rings. The molecule has 60 valence electrons. The first kappa shape index (κ1) is 7.17. The summed E-state index contributed by atoms with van der Waals surface area (Å²) in [6, 6.07) is 8.14. The number of benzene rings is 1. The molecule has 2 heteroatoms. The zero-order chi connectivity index (χ0) is 8.55. The van der Waals surface area contributed by atoms with Crippen LogP contribution < -0.4 is 4.74 Å². The molecule has 0 saturated heterocycles. The van der Waals surface area contributed by atoms with Gasteiger partial charge in [0.25, 0.3) is 0 Å². The lowest BCUT2D eigenvalue weighted by atomic mass is 9.78. The van der Waals surface area contributed by atoms with E-state index in [4.69, 9.17) is 10.00 Å². The zero-order valence-corrected chi connectivity index (χ0v) is 6.87. The molecular formula is C10H9NO. The smallest absolute Gasteiger partial charge is 0.119 e. The van der Waals surface area contributed by atoms with Crippen molar-refractivity contribution in [3.05, 3.63) is 29.3 Å². The molecule has 0 aliphatic heterocycles. The molecule has 0 fully saturated rings. The third kappa shape index (κ3) is 0.868. The highest BCUT2D eigenvalue weighted by Crippen LogP contribution is 2.36. The Kier molecular flexibility index (Phi) is 1.51. The van der Waals surface area contributed by atoms with Crippen molar-refractivity contribution in [1.29, 1.82) is 5.26 Å². The number of hydrogen-bond acceptors (Lipinski definition) is 2. The van der Waals surface area contributed by atoms with Crippen molar-refractivity contribution in [3.8, 4) is 11.8 Å². The maximum absolute atomic E-state index is 8.68. The highest BCUT2D eigenvalue weighted by molar-refractivity contribution is 5.47. The Morgan fingerprint density at radius 2 is 2.42 bits per heavy atom. The summed E-state index contributed by atoms with van der Waals surface area (Å²) in [6.07, 6.45) is 0.878. The minimum absolute atomic E-state index is 0.117. The van der Waals surface area contributed by atoms with Gasteiger partial charge in [0.1, 0.15) is 5.75 Å². The van der Waals surface area contributed by atoms with Gasteiger partial charge in [-0.2, -0.15) is 5.26 Å². The predicted octanol–water partition coefficient (Wildman–Crippen LogP) is 1.86. The van der Waals surface area contributed by atoms with Gasteiger partial charge in [-0.25, -0.2) is 0 Å². The van der Waals surface area contributed by atoms with Gasteiger partial charge in [0.15, 0.2) is 0 Å². The van der Waals surface area contributed by atoms with Crippen molar-refractivity contribution in [3.63, 3.8) is 0 Å². The molecule has 1 aliphatic carbocycles. The fourth-order valence-electron chi connectivity index (χ4n) is 1.54. The summed E-state index contributed by atoms with van der Waals surface area (Å²) in [5.74, 6) is 0.996. The molecule has 12 heavy (non-hydrogen) atoms. The molecule has 0 unspecified atom stereocenters. The summed E-state index contributed by atoms with van der Waals surface area (Å²) in [5.41, 5.74) is 2.42. The topological polar surface area (TPSA) is 33.0 Å². The van der Waals surface area contributed by atoms with E-state index in [2.05, 4.69) is 6.07 Å². The minimum Gasteiger partial charge on any atom is -0.497 e. The van der Waals surface area contributed by atoms with Gasteiger partial charge in [-0.1, -0.05) is 6.07 Å². The number of rotatable bonds is 1. The van der Waals surface area contributed by atoms with Gasteiger partial charge in [0.2, 0.25) is 0 Å². The summed E-state index contributed by atoms with van der Waals surface area (Å²) in [4.78, 5) is 0. The van der Waals surface area contributed by atoms with E-state index < -0.39 is 0 Å². The second kappa shape index (κ2) is 2.53. The Morgan fingerprint density at radius 3 is 3.00 bits per heavy atom. The van der Waals surface area contributed by atoms with Crippen molar-refractivity contribution < 1.29 is 4.74 Å². The average Bonchev–Trinajstić information content (AvgIpc) is 2.07. The second-order valence-electron chi connectivity index (χ2n) is 2.95. The molecule has 2 nitrogen and oxygen atoms in total. The number of methoxy groups -OCH3 is 1. The Balaban J connectivity index is 2.36. The molecule has 0 bridgehead atoms. The molecule has 0 N–H and O–H groups in total. The number of hydrogen-bond donors (Lipinski definition) is 0. The van der Waals surface area contributed by atoms with Crippen LogP contribution in [0, 0.1) is 11.3 Å². The molecule has 0 radical (unpaired) electrons. The average molecular weight is 159 g/mol. The van der Waals surface area contributed by atoms with Crippen LogP contribution in [0.5, 0.6) is 5.75 Å². The van der Waals surface area contributed by atoms with Gasteiger partial charge in [-0.15, -0.1) is 0 Å². The third-order valence-corrected chi connectivity index (χ3v) is 2.31. The van der Waals surface area contributed by atoms with E-state index in [1.165, 1.54) is 11.1 Å². The number of nitriles is 1. The fraction of sp³-hybridized carbons (Fsp3) is 0.300. The summed E-state index contributed by atoms with van der Waals surface area (Å²) in [5, 5.41) is 8.68. The highest BCUT2D eigenvalue weighted by atomic mass is 16.5. The first-order chi connectivity index (χ1) is 5.85. The summed E-state index contributed by atoms with van der Waals surface area (Å²) in [6.45, 7) is 0. The summed E-state index contributed by atoms with van der Waals surface area (Å²) < 4.78 is 5.07. The van der Waals surface area contributed by atoms with Crippen molar-refractivity contribution in [1.82, 2.24) is 0 Å². The molecular weight excluding hydrogens is 150 g/mol. The standard InChI is InChI=1S/C10H9NO/c1-12-9-2-3-10-7(5-9)4-8(10)6-11/h2-3,5,8H,4H2,1H3/t8-/m0/s1. The number of fused-ring (bicyclic) bond motifs is 1. The first-order valence-corrected chi connectivity index (χ1v) is 3.91. The fourth-order valence-corrected chi connectivity index (χ4v) is 1.54. The summed E-state index contributed by atoms with van der Waals surface area (Å²) >= 11 is 0. The maximum Gasteiger partial charge on any atom is 0.119 e. The van der Waals surface area contributed by atoms with E-state index in [0.717, 1.165) is 12.2 Å². The van der Waals surface area contributed by atoms with Gasteiger partial charge in [-0.3, -0.25) is 0 Å². The largest absolute Gasteiger partial charge is 0.497 e. The molecule has 1 aromatic carbocycles. The molecule has 0 heterocycles. The lowest BCUT2D eigenvalue weighted by molar-refractivity contribution is 0.413. The number of nitrogens with zero attached hydrogens (tertiary/aromatic N) is 1. The normalized spacial score (nSPS) is 18.8. The predicted molar refractivity (Wildman–Crippen MR) is 45.1 cm³/mol. The molecule has 0 aromatic heterocycles. The van der Waals surface area contributed by atoms with Crippen molar-refractivity contribution in [2.75, 3.05) is 7.11 Å². The van der Waals surface area contributed by atoms with E-state index in [9.17, 15) is 0 Å². The first-order valence-electron chi connectivity index (χ1n) is 3.91. The Bertz CT molecular complexity index is 351. The van der Waals surface area contributed by atoms with Gasteiger partial charge in [-0.05, 0) is 29.7 Å². The molecule has 0 saturated carbocycles. The van der Waals surface area contributed by atoms with Crippen LogP contribution in [0.1, 0.15) is 17.0 Å². The van der Waals surface area contributed by atoms with Gasteiger partial charge >= 0.3 is 0 Å². The van der Waals surface area contributed by atoms with E-state index in [-0.39, 0.29) is 5.92 Å². The summed E-state index contributed by atoms with van der Waals surface area (Å²) in [7, 11) is 1.65. The maximum atomic E-state index is 8.68. The van der Waals surface area contributed by atoms with Crippen LogP contribution in [-0.2, 0) is 6.42 Å². The van der Waals surface area contributed by atoms with Crippen LogP contribution in [0.4, 0.5) is 0 Å². The van der Waals surface area contributed by atoms with Crippen LogP contribution in [0.2, 0.25) is 0 Å². The van der Waals surface area contributed by atoms with E-state index in [1.54, 1.807) is 7.11 Å². The van der Waals surface area contributed by atoms with Crippen LogP contribution in [0.25, 0.3) is 0 Å². The SMILES string of the molecule is COc1ccc2c(c1)C[C@H]2C#N. The van der Waals surface area contributed by atoms with E-state index >= 15 is 0 Å². The van der Waals surface area contributed by atoms with Crippen molar-refractivity contribution in [2.24, 2.45) is 0 Å². The molecule has 0 amide bonds. The van der Waals surface area contributed by atoms with Gasteiger partial charge < -0.3 is 4.74 Å². The van der Waals surface area contributed by atoms with E-state index in [0.29, 0.717) is 0 Å². The van der Waals surface area contributed by atoms with Crippen molar-refractivity contribution >= 4 is 0 Å². The zero-order valence-electron chi connectivity index (χ0n) is 6.87. The van der Waals surface area contributed by atoms with Crippen LogP contribution >= 0.6 is 0 Å². The van der Waals surface area contributed by atoms with E-state index in [1.807, 2.05) is 18.2 Å². The molecule has 1 atom stereocenters.